The van der Waals surface area contributed by atoms with Crippen LogP contribution < -0.4 is 0 Å². The predicted octanol–water partition coefficient (Wildman–Crippen LogP) is 3.37. The number of hydrogen-bond acceptors (Lipinski definition) is 2. The van der Waals surface area contributed by atoms with Gasteiger partial charge in [-0.3, -0.25) is 10.1 Å². The molecule has 3 nitrogen and oxygen atoms in total. The lowest BCUT2D eigenvalue weighted by atomic mass is 10.0. The summed E-state index contributed by atoms with van der Waals surface area (Å²) in [5, 5.41) is 10.6. The first kappa shape index (κ1) is 10.4. The van der Waals surface area contributed by atoms with Gasteiger partial charge in [0, 0.05) is 6.07 Å². The van der Waals surface area contributed by atoms with Gasteiger partial charge in [0.25, 0.3) is 5.69 Å². The van der Waals surface area contributed by atoms with Gasteiger partial charge in [-0.05, 0) is 24.1 Å². The summed E-state index contributed by atoms with van der Waals surface area (Å²) >= 11 is 0. The van der Waals surface area contributed by atoms with Crippen molar-refractivity contribution in [3.05, 3.63) is 64.2 Å². The third kappa shape index (κ3) is 2.08. The van der Waals surface area contributed by atoms with Crippen LogP contribution >= 0.6 is 0 Å². The fourth-order valence-corrected chi connectivity index (χ4v) is 1.48. The average Bonchev–Trinajstić information content (AvgIpc) is 2.30. The van der Waals surface area contributed by atoms with Crippen LogP contribution in [0, 0.1) is 23.1 Å². The summed E-state index contributed by atoms with van der Waals surface area (Å²) in [5.41, 5.74) is 2.98. The maximum absolute atomic E-state index is 10.6. The number of benzene rings is 2. The molecule has 0 saturated carbocycles. The van der Waals surface area contributed by atoms with E-state index >= 15 is 0 Å². The highest BCUT2D eigenvalue weighted by Crippen LogP contribution is 2.23. The maximum atomic E-state index is 10.6. The molecule has 0 fully saturated rings. The second-order valence-corrected chi connectivity index (χ2v) is 3.59. The summed E-state index contributed by atoms with van der Waals surface area (Å²) in [6.07, 6.45) is 0. The Morgan fingerprint density at radius 3 is 2.44 bits per heavy atom. The van der Waals surface area contributed by atoms with E-state index in [1.165, 1.54) is 11.6 Å². The lowest BCUT2D eigenvalue weighted by Crippen LogP contribution is -1.88. The molecule has 0 unspecified atom stereocenters. The molecule has 2 aromatic rings. The molecule has 0 saturated heterocycles. The van der Waals surface area contributed by atoms with Crippen LogP contribution in [0.1, 0.15) is 5.56 Å². The Hall–Kier alpha value is -2.16. The van der Waals surface area contributed by atoms with Crippen LogP contribution in [0.3, 0.4) is 0 Å². The van der Waals surface area contributed by atoms with Crippen molar-refractivity contribution in [3.8, 4) is 11.1 Å². The minimum atomic E-state index is -0.433. The molecule has 3 heteroatoms. The zero-order valence-corrected chi connectivity index (χ0v) is 8.81. The molecule has 0 aliphatic heterocycles. The molecule has 0 aromatic heterocycles. The Balaban J connectivity index is 2.44. The molecule has 0 amide bonds. The average molecular weight is 212 g/mol. The molecule has 16 heavy (non-hydrogen) atoms. The van der Waals surface area contributed by atoms with E-state index in [-0.39, 0.29) is 5.69 Å². The molecule has 2 rings (SSSR count). The zero-order chi connectivity index (χ0) is 11.5. The number of nitro groups is 1. The third-order valence-corrected chi connectivity index (χ3v) is 2.37. The molecule has 1 radical (unpaired) electrons. The highest BCUT2D eigenvalue weighted by atomic mass is 16.6. The summed E-state index contributed by atoms with van der Waals surface area (Å²) in [5.74, 6) is 0. The van der Waals surface area contributed by atoms with Gasteiger partial charge in [0.05, 0.1) is 11.0 Å². The molecular formula is C13H10NO2. The lowest BCUT2D eigenvalue weighted by Gasteiger charge is -2.01. The standard InChI is InChI=1S/C13H10NO2/c1-10-5-7-11(8-6-10)12-3-2-4-13(9-12)14(15)16/h2-3,5-9H,1H3. The van der Waals surface area contributed by atoms with Gasteiger partial charge in [-0.25, -0.2) is 0 Å². The van der Waals surface area contributed by atoms with Crippen molar-refractivity contribution in [2.75, 3.05) is 0 Å². The Labute approximate surface area is 93.5 Å². The van der Waals surface area contributed by atoms with E-state index < -0.39 is 4.92 Å². The summed E-state index contributed by atoms with van der Waals surface area (Å²) in [4.78, 5) is 10.2. The van der Waals surface area contributed by atoms with Gasteiger partial charge in [-0.1, -0.05) is 35.9 Å². The summed E-state index contributed by atoms with van der Waals surface area (Å²) < 4.78 is 0. The van der Waals surface area contributed by atoms with E-state index in [0.717, 1.165) is 11.1 Å². The quantitative estimate of drug-likeness (QED) is 0.565. The molecule has 0 aliphatic rings. The molecule has 0 atom stereocenters. The molecule has 0 bridgehead atoms. The van der Waals surface area contributed by atoms with Crippen LogP contribution in [0.15, 0.2) is 42.5 Å². The van der Waals surface area contributed by atoms with Crippen molar-refractivity contribution in [1.29, 1.82) is 0 Å². The number of aryl methyl sites for hydroxylation is 1. The van der Waals surface area contributed by atoms with E-state index in [4.69, 9.17) is 0 Å². The van der Waals surface area contributed by atoms with Gasteiger partial charge in [-0.2, -0.15) is 0 Å². The lowest BCUT2D eigenvalue weighted by molar-refractivity contribution is -0.385. The number of non-ortho nitro benzene ring substituents is 1. The summed E-state index contributed by atoms with van der Waals surface area (Å²) in [6, 6.07) is 15.4. The number of rotatable bonds is 2. The smallest absolute Gasteiger partial charge is 0.258 e. The van der Waals surface area contributed by atoms with Gasteiger partial charge in [0.15, 0.2) is 0 Å². The van der Waals surface area contributed by atoms with Crippen molar-refractivity contribution in [1.82, 2.24) is 0 Å². The largest absolute Gasteiger partial charge is 0.278 e. The van der Waals surface area contributed by atoms with Crippen LogP contribution in [-0.2, 0) is 0 Å². The maximum Gasteiger partial charge on any atom is 0.278 e. The first-order valence-electron chi connectivity index (χ1n) is 4.90. The van der Waals surface area contributed by atoms with E-state index in [2.05, 4.69) is 6.07 Å². The van der Waals surface area contributed by atoms with Crippen LogP contribution in [0.2, 0.25) is 0 Å². The number of hydrogen-bond donors (Lipinski definition) is 0. The van der Waals surface area contributed by atoms with Crippen LogP contribution in [0.25, 0.3) is 11.1 Å². The van der Waals surface area contributed by atoms with E-state index in [9.17, 15) is 10.1 Å². The molecule has 0 spiro atoms. The van der Waals surface area contributed by atoms with Crippen molar-refractivity contribution in [3.63, 3.8) is 0 Å². The van der Waals surface area contributed by atoms with Gasteiger partial charge in [0.1, 0.15) is 0 Å². The van der Waals surface area contributed by atoms with E-state index in [0.29, 0.717) is 0 Å². The predicted molar refractivity (Wildman–Crippen MR) is 62.1 cm³/mol. The van der Waals surface area contributed by atoms with Gasteiger partial charge < -0.3 is 0 Å². The zero-order valence-electron chi connectivity index (χ0n) is 8.81. The Morgan fingerprint density at radius 2 is 1.81 bits per heavy atom. The van der Waals surface area contributed by atoms with Crippen LogP contribution in [-0.4, -0.2) is 4.92 Å². The molecular weight excluding hydrogens is 202 g/mol. The third-order valence-electron chi connectivity index (χ3n) is 2.37. The van der Waals surface area contributed by atoms with Crippen molar-refractivity contribution in [2.45, 2.75) is 6.92 Å². The fourth-order valence-electron chi connectivity index (χ4n) is 1.48. The van der Waals surface area contributed by atoms with E-state index in [1.54, 1.807) is 6.07 Å². The molecule has 79 valence electrons. The van der Waals surface area contributed by atoms with Crippen LogP contribution in [0.5, 0.6) is 0 Å². The molecule has 0 heterocycles. The fraction of sp³-hybridized carbons (Fsp3) is 0.0769. The summed E-state index contributed by atoms with van der Waals surface area (Å²) in [7, 11) is 0. The Kier molecular flexibility index (Phi) is 2.68. The monoisotopic (exact) mass is 212 g/mol. The second-order valence-electron chi connectivity index (χ2n) is 3.59. The molecule has 2 aromatic carbocycles. The highest BCUT2D eigenvalue weighted by molar-refractivity contribution is 5.66. The van der Waals surface area contributed by atoms with Gasteiger partial charge in [-0.15, -0.1) is 0 Å². The van der Waals surface area contributed by atoms with Crippen molar-refractivity contribution >= 4 is 5.69 Å². The van der Waals surface area contributed by atoms with Crippen LogP contribution in [0.4, 0.5) is 5.69 Å². The normalized spacial score (nSPS) is 10.1. The van der Waals surface area contributed by atoms with Gasteiger partial charge >= 0.3 is 0 Å². The number of nitro benzene ring substituents is 1. The van der Waals surface area contributed by atoms with E-state index in [1.807, 2.05) is 37.3 Å². The van der Waals surface area contributed by atoms with Gasteiger partial charge in [0.2, 0.25) is 0 Å². The van der Waals surface area contributed by atoms with Crippen molar-refractivity contribution < 1.29 is 4.92 Å². The minimum absolute atomic E-state index is 0.00178. The highest BCUT2D eigenvalue weighted by Gasteiger charge is 2.06. The number of nitrogens with zero attached hydrogens (tertiary/aromatic N) is 1. The molecule has 0 aliphatic carbocycles. The Bertz CT molecular complexity index is 518. The second kappa shape index (κ2) is 4.14. The first-order chi connectivity index (χ1) is 7.66. The topological polar surface area (TPSA) is 43.1 Å². The SMILES string of the molecule is Cc1ccc(-c2cc[c]c([N+](=O)[O-])c2)cc1. The first-order valence-corrected chi connectivity index (χ1v) is 4.90. The summed E-state index contributed by atoms with van der Waals surface area (Å²) in [6.45, 7) is 2.00. The Morgan fingerprint density at radius 1 is 1.12 bits per heavy atom. The van der Waals surface area contributed by atoms with Crippen molar-refractivity contribution in [2.24, 2.45) is 0 Å². The molecule has 0 N–H and O–H groups in total. The minimum Gasteiger partial charge on any atom is -0.258 e.